The third kappa shape index (κ3) is 4.33. The molecule has 1 aliphatic heterocycles. The van der Waals surface area contributed by atoms with Crippen LogP contribution in [0.15, 0.2) is 53.4 Å². The SMILES string of the molecule is CNC(=O)c1cccc(NC(=O)C2CCCCN2S(=O)(=O)c2ccccc2)c1C. The van der Waals surface area contributed by atoms with Crippen molar-refractivity contribution in [3.8, 4) is 0 Å². The van der Waals surface area contributed by atoms with E-state index < -0.39 is 16.1 Å². The lowest BCUT2D eigenvalue weighted by atomic mass is 10.0. The van der Waals surface area contributed by atoms with Crippen LogP contribution in [0.4, 0.5) is 5.69 Å². The Bertz CT molecular complexity index is 1010. The van der Waals surface area contributed by atoms with E-state index in [1.165, 1.54) is 16.4 Å². The van der Waals surface area contributed by atoms with Crippen LogP contribution in [0.5, 0.6) is 0 Å². The Kier molecular flexibility index (Phi) is 6.34. The second-order valence-electron chi connectivity index (χ2n) is 6.99. The average Bonchev–Trinajstić information content (AvgIpc) is 2.75. The lowest BCUT2D eigenvalue weighted by Crippen LogP contribution is -2.49. The number of amides is 2. The van der Waals surface area contributed by atoms with Crippen LogP contribution < -0.4 is 10.6 Å². The number of sulfonamides is 1. The smallest absolute Gasteiger partial charge is 0.251 e. The highest BCUT2D eigenvalue weighted by Crippen LogP contribution is 2.27. The molecule has 0 saturated carbocycles. The van der Waals surface area contributed by atoms with E-state index >= 15 is 0 Å². The highest BCUT2D eigenvalue weighted by Gasteiger charge is 2.37. The molecule has 0 aromatic heterocycles. The van der Waals surface area contributed by atoms with Gasteiger partial charge in [0.05, 0.1) is 4.90 Å². The Morgan fingerprint density at radius 3 is 2.45 bits per heavy atom. The third-order valence-electron chi connectivity index (χ3n) is 5.17. The van der Waals surface area contributed by atoms with Gasteiger partial charge in [-0.05, 0) is 49.6 Å². The standard InChI is InChI=1S/C21H25N3O4S/c1-15-17(20(25)22-2)11-8-12-18(15)23-21(26)19-13-6-7-14-24(19)29(27,28)16-9-4-3-5-10-16/h3-5,8-12,19H,6-7,13-14H2,1-2H3,(H,22,25)(H,23,26). The van der Waals surface area contributed by atoms with E-state index in [1.54, 1.807) is 50.4 Å². The molecule has 0 spiro atoms. The van der Waals surface area contributed by atoms with Crippen LogP contribution in [0.2, 0.25) is 0 Å². The predicted octanol–water partition coefficient (Wildman–Crippen LogP) is 2.54. The Balaban J connectivity index is 1.87. The van der Waals surface area contributed by atoms with Crippen LogP contribution in [0.25, 0.3) is 0 Å². The van der Waals surface area contributed by atoms with Crippen molar-refractivity contribution in [3.63, 3.8) is 0 Å². The summed E-state index contributed by atoms with van der Waals surface area (Å²) >= 11 is 0. The molecule has 7 nitrogen and oxygen atoms in total. The maximum Gasteiger partial charge on any atom is 0.251 e. The number of nitrogens with zero attached hydrogens (tertiary/aromatic N) is 1. The summed E-state index contributed by atoms with van der Waals surface area (Å²) in [5.74, 6) is -0.633. The largest absolute Gasteiger partial charge is 0.355 e. The lowest BCUT2D eigenvalue weighted by molar-refractivity contribution is -0.120. The van der Waals surface area contributed by atoms with Crippen LogP contribution >= 0.6 is 0 Å². The number of anilines is 1. The van der Waals surface area contributed by atoms with Gasteiger partial charge in [0.2, 0.25) is 15.9 Å². The zero-order valence-corrected chi connectivity index (χ0v) is 17.3. The molecule has 1 saturated heterocycles. The van der Waals surface area contributed by atoms with Gasteiger partial charge in [0.1, 0.15) is 6.04 Å². The summed E-state index contributed by atoms with van der Waals surface area (Å²) in [5.41, 5.74) is 1.59. The van der Waals surface area contributed by atoms with E-state index in [1.807, 2.05) is 0 Å². The van der Waals surface area contributed by atoms with Gasteiger partial charge < -0.3 is 10.6 Å². The number of benzene rings is 2. The first kappa shape index (κ1) is 21.0. The zero-order valence-electron chi connectivity index (χ0n) is 16.5. The summed E-state index contributed by atoms with van der Waals surface area (Å²) < 4.78 is 27.5. The summed E-state index contributed by atoms with van der Waals surface area (Å²) in [6.07, 6.45) is 1.93. The first-order chi connectivity index (χ1) is 13.9. The summed E-state index contributed by atoms with van der Waals surface area (Å²) in [4.78, 5) is 25.2. The number of nitrogens with one attached hydrogen (secondary N) is 2. The Labute approximate surface area is 171 Å². The van der Waals surface area contributed by atoms with Crippen molar-refractivity contribution >= 4 is 27.5 Å². The average molecular weight is 416 g/mol. The molecule has 0 aliphatic carbocycles. The van der Waals surface area contributed by atoms with Crippen molar-refractivity contribution in [1.29, 1.82) is 0 Å². The van der Waals surface area contributed by atoms with Gasteiger partial charge >= 0.3 is 0 Å². The summed E-state index contributed by atoms with van der Waals surface area (Å²) in [6, 6.07) is 12.4. The maximum absolute atomic E-state index is 13.1. The minimum atomic E-state index is -3.78. The van der Waals surface area contributed by atoms with Gasteiger partial charge in [0.15, 0.2) is 0 Å². The van der Waals surface area contributed by atoms with Crippen molar-refractivity contribution in [2.45, 2.75) is 37.1 Å². The minimum absolute atomic E-state index is 0.178. The van der Waals surface area contributed by atoms with Crippen LogP contribution in [0.3, 0.4) is 0 Å². The Morgan fingerprint density at radius 2 is 1.76 bits per heavy atom. The number of hydrogen-bond donors (Lipinski definition) is 2. The molecule has 0 bridgehead atoms. The molecule has 2 aromatic carbocycles. The molecule has 1 fully saturated rings. The van der Waals surface area contributed by atoms with Gasteiger partial charge in [-0.25, -0.2) is 8.42 Å². The summed E-state index contributed by atoms with van der Waals surface area (Å²) in [5, 5.41) is 5.40. The van der Waals surface area contributed by atoms with Crippen LogP contribution in [-0.2, 0) is 14.8 Å². The normalized spacial score (nSPS) is 17.5. The molecule has 2 aromatic rings. The third-order valence-corrected chi connectivity index (χ3v) is 7.09. The molecule has 3 rings (SSSR count). The van der Waals surface area contributed by atoms with E-state index in [0.717, 1.165) is 6.42 Å². The van der Waals surface area contributed by atoms with E-state index in [4.69, 9.17) is 0 Å². The first-order valence-electron chi connectivity index (χ1n) is 9.55. The fourth-order valence-electron chi connectivity index (χ4n) is 3.55. The molecular formula is C21H25N3O4S. The van der Waals surface area contributed by atoms with Gasteiger partial charge in [-0.3, -0.25) is 9.59 Å². The molecular weight excluding hydrogens is 390 g/mol. The van der Waals surface area contributed by atoms with Gasteiger partial charge in [-0.2, -0.15) is 4.31 Å². The van der Waals surface area contributed by atoms with Gasteiger partial charge in [-0.15, -0.1) is 0 Å². The number of carbonyl (C=O) groups is 2. The molecule has 1 unspecified atom stereocenters. The van der Waals surface area contributed by atoms with Crippen molar-refractivity contribution in [2.75, 3.05) is 18.9 Å². The summed E-state index contributed by atoms with van der Waals surface area (Å²) in [7, 11) is -2.23. The van der Waals surface area contributed by atoms with Crippen molar-refractivity contribution in [3.05, 3.63) is 59.7 Å². The quantitative estimate of drug-likeness (QED) is 0.784. The Morgan fingerprint density at radius 1 is 1.03 bits per heavy atom. The number of hydrogen-bond acceptors (Lipinski definition) is 4. The monoisotopic (exact) mass is 415 g/mol. The van der Waals surface area contributed by atoms with E-state index in [9.17, 15) is 18.0 Å². The fourth-order valence-corrected chi connectivity index (χ4v) is 5.23. The number of carbonyl (C=O) groups excluding carboxylic acids is 2. The molecule has 154 valence electrons. The van der Waals surface area contributed by atoms with Crippen molar-refractivity contribution in [2.24, 2.45) is 0 Å². The number of piperidine rings is 1. The maximum atomic E-state index is 13.1. The molecule has 2 N–H and O–H groups in total. The molecule has 29 heavy (non-hydrogen) atoms. The fraction of sp³-hybridized carbons (Fsp3) is 0.333. The molecule has 1 aliphatic rings. The molecule has 1 heterocycles. The van der Waals surface area contributed by atoms with Crippen LogP contribution in [0.1, 0.15) is 35.2 Å². The molecule has 1 atom stereocenters. The molecule has 0 radical (unpaired) electrons. The first-order valence-corrected chi connectivity index (χ1v) is 11.0. The zero-order chi connectivity index (χ0) is 21.0. The predicted molar refractivity (Wildman–Crippen MR) is 111 cm³/mol. The van der Waals surface area contributed by atoms with E-state index in [0.29, 0.717) is 36.2 Å². The van der Waals surface area contributed by atoms with Crippen LogP contribution in [-0.4, -0.2) is 44.2 Å². The second-order valence-corrected chi connectivity index (χ2v) is 8.88. The minimum Gasteiger partial charge on any atom is -0.355 e. The topological polar surface area (TPSA) is 95.6 Å². The number of rotatable bonds is 5. The second kappa shape index (κ2) is 8.75. The van der Waals surface area contributed by atoms with E-state index in [-0.39, 0.29) is 16.7 Å². The van der Waals surface area contributed by atoms with Crippen LogP contribution in [0, 0.1) is 6.92 Å². The van der Waals surface area contributed by atoms with Gasteiger partial charge in [0, 0.05) is 24.8 Å². The Hall–Kier alpha value is -2.71. The lowest BCUT2D eigenvalue weighted by Gasteiger charge is -2.33. The highest BCUT2D eigenvalue weighted by atomic mass is 32.2. The molecule has 2 amide bonds. The van der Waals surface area contributed by atoms with Gasteiger partial charge in [0.25, 0.3) is 5.91 Å². The van der Waals surface area contributed by atoms with E-state index in [2.05, 4.69) is 10.6 Å². The molecule has 8 heteroatoms. The van der Waals surface area contributed by atoms with Gasteiger partial charge in [-0.1, -0.05) is 30.7 Å². The van der Waals surface area contributed by atoms with Crippen molar-refractivity contribution < 1.29 is 18.0 Å². The summed E-state index contributed by atoms with van der Waals surface area (Å²) in [6.45, 7) is 2.05. The van der Waals surface area contributed by atoms with Crippen molar-refractivity contribution in [1.82, 2.24) is 9.62 Å². The highest BCUT2D eigenvalue weighted by molar-refractivity contribution is 7.89.